The van der Waals surface area contributed by atoms with Crippen molar-refractivity contribution in [1.29, 1.82) is 0 Å². The standard InChI is InChI=1S/C17H16FNO3/c1-21-12-7-14-17(15(8-12)22-2)13(9-16(20)19-14)10-3-5-11(18)6-4-10/h3-8,13H,9H2,1-2H3,(H,19,20)/t13-/m0/s1. The quantitative estimate of drug-likeness (QED) is 0.946. The molecule has 0 aliphatic carbocycles. The molecule has 0 unspecified atom stereocenters. The van der Waals surface area contributed by atoms with Crippen molar-refractivity contribution in [2.45, 2.75) is 12.3 Å². The second kappa shape index (κ2) is 5.67. The Hall–Kier alpha value is -2.56. The lowest BCUT2D eigenvalue weighted by atomic mass is 9.84. The molecule has 1 aliphatic rings. The van der Waals surface area contributed by atoms with Crippen molar-refractivity contribution in [2.24, 2.45) is 0 Å². The number of halogens is 1. The molecule has 1 amide bonds. The molecule has 0 bridgehead atoms. The SMILES string of the molecule is COc1cc2c(c(OC)c1)[C@H](c1ccc(F)cc1)CC(=O)N2. The van der Waals surface area contributed by atoms with Gasteiger partial charge in [-0.3, -0.25) is 4.79 Å². The third-order valence-electron chi connectivity index (χ3n) is 3.86. The molecule has 22 heavy (non-hydrogen) atoms. The predicted octanol–water partition coefficient (Wildman–Crippen LogP) is 3.32. The van der Waals surface area contributed by atoms with E-state index in [0.29, 0.717) is 23.6 Å². The fourth-order valence-corrected chi connectivity index (χ4v) is 2.82. The van der Waals surface area contributed by atoms with Crippen LogP contribution in [0.5, 0.6) is 11.5 Å². The highest BCUT2D eigenvalue weighted by Crippen LogP contribution is 2.44. The topological polar surface area (TPSA) is 47.6 Å². The van der Waals surface area contributed by atoms with Crippen LogP contribution in [-0.2, 0) is 4.79 Å². The van der Waals surface area contributed by atoms with E-state index in [1.165, 1.54) is 12.1 Å². The summed E-state index contributed by atoms with van der Waals surface area (Å²) in [5.74, 6) is 0.688. The molecule has 1 aliphatic heterocycles. The third kappa shape index (κ3) is 2.50. The van der Waals surface area contributed by atoms with E-state index in [-0.39, 0.29) is 17.6 Å². The maximum absolute atomic E-state index is 13.2. The fraction of sp³-hybridized carbons (Fsp3) is 0.235. The Balaban J connectivity index is 2.15. The number of hydrogen-bond donors (Lipinski definition) is 1. The average molecular weight is 301 g/mol. The van der Waals surface area contributed by atoms with Gasteiger partial charge >= 0.3 is 0 Å². The molecule has 0 saturated carbocycles. The number of nitrogens with one attached hydrogen (secondary N) is 1. The van der Waals surface area contributed by atoms with Crippen LogP contribution in [0.1, 0.15) is 23.5 Å². The summed E-state index contributed by atoms with van der Waals surface area (Å²) in [6.45, 7) is 0. The molecule has 0 spiro atoms. The van der Waals surface area contributed by atoms with Gasteiger partial charge < -0.3 is 14.8 Å². The zero-order valence-corrected chi connectivity index (χ0v) is 12.4. The summed E-state index contributed by atoms with van der Waals surface area (Å²) in [6.07, 6.45) is 0.293. The summed E-state index contributed by atoms with van der Waals surface area (Å²) in [4.78, 5) is 12.0. The van der Waals surface area contributed by atoms with Gasteiger partial charge in [0.1, 0.15) is 17.3 Å². The van der Waals surface area contributed by atoms with Gasteiger partial charge in [-0.25, -0.2) is 4.39 Å². The van der Waals surface area contributed by atoms with Crippen molar-refractivity contribution >= 4 is 11.6 Å². The molecule has 0 aromatic heterocycles. The van der Waals surface area contributed by atoms with Gasteiger partial charge in [-0.05, 0) is 17.7 Å². The Bertz CT molecular complexity index is 713. The minimum atomic E-state index is -0.300. The van der Waals surface area contributed by atoms with E-state index in [0.717, 1.165) is 11.1 Å². The highest BCUT2D eigenvalue weighted by Gasteiger charge is 2.30. The molecule has 1 heterocycles. The highest BCUT2D eigenvalue weighted by atomic mass is 19.1. The summed E-state index contributed by atoms with van der Waals surface area (Å²) in [7, 11) is 3.14. The Morgan fingerprint density at radius 1 is 1.14 bits per heavy atom. The molecule has 1 N–H and O–H groups in total. The van der Waals surface area contributed by atoms with Gasteiger partial charge in [0.05, 0.1) is 19.9 Å². The van der Waals surface area contributed by atoms with Crippen LogP contribution in [0.25, 0.3) is 0 Å². The molecule has 3 rings (SSSR count). The number of rotatable bonds is 3. The molecule has 0 fully saturated rings. The van der Waals surface area contributed by atoms with Crippen molar-refractivity contribution in [2.75, 3.05) is 19.5 Å². The Kier molecular flexibility index (Phi) is 3.71. The minimum absolute atomic E-state index is 0.0860. The van der Waals surface area contributed by atoms with E-state index in [2.05, 4.69) is 5.32 Å². The number of carbonyl (C=O) groups excluding carboxylic acids is 1. The zero-order valence-electron chi connectivity index (χ0n) is 12.4. The number of hydrogen-bond acceptors (Lipinski definition) is 3. The van der Waals surface area contributed by atoms with Gasteiger partial charge in [-0.15, -0.1) is 0 Å². The van der Waals surface area contributed by atoms with Gasteiger partial charge in [0, 0.05) is 30.0 Å². The molecular weight excluding hydrogens is 285 g/mol. The van der Waals surface area contributed by atoms with Crippen LogP contribution >= 0.6 is 0 Å². The normalized spacial score (nSPS) is 16.7. The first-order chi connectivity index (χ1) is 10.6. The van der Waals surface area contributed by atoms with Crippen LogP contribution in [0.2, 0.25) is 0 Å². The number of anilines is 1. The first kappa shape index (κ1) is 14.4. The van der Waals surface area contributed by atoms with E-state index in [4.69, 9.17) is 9.47 Å². The number of amides is 1. The van der Waals surface area contributed by atoms with Gasteiger partial charge in [0.2, 0.25) is 5.91 Å². The summed E-state index contributed by atoms with van der Waals surface area (Å²) < 4.78 is 23.8. The lowest BCUT2D eigenvalue weighted by molar-refractivity contribution is -0.116. The van der Waals surface area contributed by atoms with E-state index >= 15 is 0 Å². The fourth-order valence-electron chi connectivity index (χ4n) is 2.82. The van der Waals surface area contributed by atoms with E-state index in [9.17, 15) is 9.18 Å². The van der Waals surface area contributed by atoms with Crippen molar-refractivity contribution in [1.82, 2.24) is 0 Å². The summed E-state index contributed by atoms with van der Waals surface area (Å²) in [5.41, 5.74) is 2.43. The number of benzene rings is 2. The zero-order chi connectivity index (χ0) is 15.7. The maximum atomic E-state index is 13.2. The monoisotopic (exact) mass is 301 g/mol. The summed E-state index contributed by atoms with van der Waals surface area (Å²) in [5, 5.41) is 2.85. The van der Waals surface area contributed by atoms with Crippen molar-refractivity contribution in [3.8, 4) is 11.5 Å². The molecule has 5 heteroatoms. The van der Waals surface area contributed by atoms with E-state index in [1.54, 1.807) is 38.5 Å². The molecule has 1 atom stereocenters. The Labute approximate surface area is 127 Å². The second-order valence-corrected chi connectivity index (χ2v) is 5.15. The number of methoxy groups -OCH3 is 2. The molecule has 2 aromatic rings. The predicted molar refractivity (Wildman–Crippen MR) is 81.0 cm³/mol. The van der Waals surface area contributed by atoms with Crippen LogP contribution in [0.3, 0.4) is 0 Å². The molecule has 0 radical (unpaired) electrons. The van der Waals surface area contributed by atoms with Gasteiger partial charge in [0.15, 0.2) is 0 Å². The number of ether oxygens (including phenoxy) is 2. The van der Waals surface area contributed by atoms with Crippen molar-refractivity contribution < 1.29 is 18.7 Å². The second-order valence-electron chi connectivity index (χ2n) is 5.15. The van der Waals surface area contributed by atoms with Gasteiger partial charge in [-0.1, -0.05) is 12.1 Å². The smallest absolute Gasteiger partial charge is 0.225 e. The largest absolute Gasteiger partial charge is 0.497 e. The maximum Gasteiger partial charge on any atom is 0.225 e. The van der Waals surface area contributed by atoms with E-state index in [1.807, 2.05) is 0 Å². The molecular formula is C17H16FNO3. The summed E-state index contributed by atoms with van der Waals surface area (Å²) >= 11 is 0. The first-order valence-electron chi connectivity index (χ1n) is 6.93. The van der Waals surface area contributed by atoms with Gasteiger partial charge in [0.25, 0.3) is 0 Å². The highest BCUT2D eigenvalue weighted by molar-refractivity contribution is 5.96. The Morgan fingerprint density at radius 2 is 1.86 bits per heavy atom. The number of carbonyl (C=O) groups is 1. The van der Waals surface area contributed by atoms with Crippen LogP contribution in [0.4, 0.5) is 10.1 Å². The molecule has 2 aromatic carbocycles. The summed E-state index contributed by atoms with van der Waals surface area (Å²) in [6, 6.07) is 9.76. The minimum Gasteiger partial charge on any atom is -0.497 e. The number of fused-ring (bicyclic) bond motifs is 1. The van der Waals surface area contributed by atoms with Crippen LogP contribution in [0, 0.1) is 5.82 Å². The van der Waals surface area contributed by atoms with Crippen molar-refractivity contribution in [3.63, 3.8) is 0 Å². The van der Waals surface area contributed by atoms with Crippen LogP contribution < -0.4 is 14.8 Å². The lowest BCUT2D eigenvalue weighted by Crippen LogP contribution is -2.24. The van der Waals surface area contributed by atoms with E-state index < -0.39 is 0 Å². The van der Waals surface area contributed by atoms with Crippen LogP contribution in [0.15, 0.2) is 36.4 Å². The molecule has 114 valence electrons. The Morgan fingerprint density at radius 3 is 2.50 bits per heavy atom. The first-order valence-corrected chi connectivity index (χ1v) is 6.93. The van der Waals surface area contributed by atoms with Crippen molar-refractivity contribution in [3.05, 3.63) is 53.3 Å². The van der Waals surface area contributed by atoms with Crippen LogP contribution in [-0.4, -0.2) is 20.1 Å². The molecule has 0 saturated heterocycles. The van der Waals surface area contributed by atoms with Gasteiger partial charge in [-0.2, -0.15) is 0 Å². The molecule has 4 nitrogen and oxygen atoms in total. The third-order valence-corrected chi connectivity index (χ3v) is 3.86. The lowest BCUT2D eigenvalue weighted by Gasteiger charge is -2.28. The average Bonchev–Trinajstić information content (AvgIpc) is 2.53.